The molecule has 1 saturated heterocycles. The molecule has 1 aromatic carbocycles. The number of benzene rings is 1. The van der Waals surface area contributed by atoms with E-state index in [9.17, 15) is 0 Å². The number of hydrogen-bond acceptors (Lipinski definition) is 2. The van der Waals surface area contributed by atoms with Crippen LogP contribution in [0, 0.1) is 0 Å². The highest BCUT2D eigenvalue weighted by Gasteiger charge is 2.28. The lowest BCUT2D eigenvalue weighted by Crippen LogP contribution is -2.37. The highest BCUT2D eigenvalue weighted by molar-refractivity contribution is 6.33. The normalized spacial score (nSPS) is 19.4. The van der Waals surface area contributed by atoms with Crippen molar-refractivity contribution in [1.82, 2.24) is 4.90 Å². The minimum Gasteiger partial charge on any atom is -0.368 e. The monoisotopic (exact) mass is 300 g/mol. The first-order valence-corrected chi connectivity index (χ1v) is 7.94. The molecule has 1 aromatic rings. The van der Waals surface area contributed by atoms with Crippen LogP contribution in [-0.4, -0.2) is 37.1 Å². The van der Waals surface area contributed by atoms with E-state index in [4.69, 9.17) is 23.2 Å². The quantitative estimate of drug-likeness (QED) is 0.759. The van der Waals surface area contributed by atoms with Crippen molar-refractivity contribution in [2.45, 2.75) is 32.2 Å². The Hall–Kier alpha value is -0.440. The third-order valence-corrected chi connectivity index (χ3v) is 4.62. The molecule has 0 saturated carbocycles. The van der Waals surface area contributed by atoms with Gasteiger partial charge in [-0.2, -0.15) is 0 Å². The van der Waals surface area contributed by atoms with Crippen molar-refractivity contribution < 1.29 is 0 Å². The number of rotatable bonds is 5. The Morgan fingerprint density at radius 3 is 2.68 bits per heavy atom. The average Bonchev–Trinajstić information content (AvgIpc) is 2.89. The van der Waals surface area contributed by atoms with Crippen LogP contribution in [0.15, 0.2) is 18.2 Å². The average molecular weight is 301 g/mol. The minimum atomic E-state index is 0.516. The summed E-state index contributed by atoms with van der Waals surface area (Å²) in [6, 6.07) is 6.63. The van der Waals surface area contributed by atoms with Crippen LogP contribution in [0.2, 0.25) is 5.02 Å². The van der Waals surface area contributed by atoms with Gasteiger partial charge in [-0.1, -0.05) is 37.6 Å². The molecule has 0 spiro atoms. The van der Waals surface area contributed by atoms with Gasteiger partial charge >= 0.3 is 0 Å². The SMILES string of the molecule is CCN(CC)C1CCN(c2c(Cl)cccc2CCl)C1. The second-order valence-corrected chi connectivity index (χ2v) is 5.67. The number of hydrogen-bond donors (Lipinski definition) is 0. The summed E-state index contributed by atoms with van der Waals surface area (Å²) in [6.07, 6.45) is 1.20. The second-order valence-electron chi connectivity index (χ2n) is 4.99. The van der Waals surface area contributed by atoms with Crippen LogP contribution in [0.5, 0.6) is 0 Å². The lowest BCUT2D eigenvalue weighted by Gasteiger charge is -2.27. The predicted octanol–water partition coefficient (Wildman–Crippen LogP) is 4.00. The summed E-state index contributed by atoms with van der Waals surface area (Å²) in [5.41, 5.74) is 2.27. The fourth-order valence-electron chi connectivity index (χ4n) is 3.00. The Kier molecular flexibility index (Phi) is 5.37. The summed E-state index contributed by atoms with van der Waals surface area (Å²) in [6.45, 7) is 8.79. The first kappa shape index (κ1) is 15.0. The van der Waals surface area contributed by atoms with Gasteiger partial charge in [0, 0.05) is 25.0 Å². The number of halogens is 2. The summed E-state index contributed by atoms with van der Waals surface area (Å²) in [4.78, 5) is 4.92. The van der Waals surface area contributed by atoms with Crippen molar-refractivity contribution in [3.8, 4) is 0 Å². The smallest absolute Gasteiger partial charge is 0.0642 e. The summed E-state index contributed by atoms with van der Waals surface area (Å²) >= 11 is 12.4. The van der Waals surface area contributed by atoms with Crippen LogP contribution in [0.4, 0.5) is 5.69 Å². The highest BCUT2D eigenvalue weighted by atomic mass is 35.5. The zero-order valence-corrected chi connectivity index (χ0v) is 13.2. The molecule has 2 nitrogen and oxygen atoms in total. The largest absolute Gasteiger partial charge is 0.368 e. The molecule has 0 N–H and O–H groups in total. The van der Waals surface area contributed by atoms with Crippen molar-refractivity contribution in [2.24, 2.45) is 0 Å². The molecular formula is C15H22Cl2N2. The van der Waals surface area contributed by atoms with Crippen molar-refractivity contribution in [3.05, 3.63) is 28.8 Å². The molecular weight excluding hydrogens is 279 g/mol. The van der Waals surface area contributed by atoms with Gasteiger partial charge in [0.1, 0.15) is 0 Å². The van der Waals surface area contributed by atoms with Gasteiger partial charge in [0.05, 0.1) is 10.7 Å². The van der Waals surface area contributed by atoms with Crippen LogP contribution >= 0.6 is 23.2 Å². The van der Waals surface area contributed by atoms with E-state index in [0.717, 1.165) is 42.5 Å². The Balaban J connectivity index is 2.17. The van der Waals surface area contributed by atoms with Crippen molar-refractivity contribution in [1.29, 1.82) is 0 Å². The second kappa shape index (κ2) is 6.83. The maximum Gasteiger partial charge on any atom is 0.0642 e. The van der Waals surface area contributed by atoms with Gasteiger partial charge in [0.25, 0.3) is 0 Å². The topological polar surface area (TPSA) is 6.48 Å². The van der Waals surface area contributed by atoms with Crippen molar-refractivity contribution in [3.63, 3.8) is 0 Å². The first-order chi connectivity index (χ1) is 9.21. The zero-order valence-electron chi connectivity index (χ0n) is 11.7. The molecule has 0 aliphatic carbocycles. The van der Waals surface area contributed by atoms with E-state index < -0.39 is 0 Å². The van der Waals surface area contributed by atoms with E-state index in [-0.39, 0.29) is 0 Å². The van der Waals surface area contributed by atoms with Gasteiger partial charge in [0.2, 0.25) is 0 Å². The van der Waals surface area contributed by atoms with Crippen LogP contribution in [0.3, 0.4) is 0 Å². The number of para-hydroxylation sites is 1. The molecule has 1 fully saturated rings. The van der Waals surface area contributed by atoms with Crippen LogP contribution < -0.4 is 4.90 Å². The fourth-order valence-corrected chi connectivity index (χ4v) is 3.53. The summed E-state index contributed by atoms with van der Waals surface area (Å²) in [5.74, 6) is 0.516. The van der Waals surface area contributed by atoms with E-state index in [0.29, 0.717) is 11.9 Å². The third-order valence-electron chi connectivity index (χ3n) is 4.02. The number of likely N-dealkylation sites (N-methyl/N-ethyl adjacent to an activating group) is 1. The number of nitrogens with zero attached hydrogens (tertiary/aromatic N) is 2. The van der Waals surface area contributed by atoms with Gasteiger partial charge in [0.15, 0.2) is 0 Å². The summed E-state index contributed by atoms with van der Waals surface area (Å²) in [5, 5.41) is 0.818. The molecule has 1 unspecified atom stereocenters. The molecule has 1 atom stereocenters. The molecule has 1 aliphatic rings. The van der Waals surface area contributed by atoms with Gasteiger partial charge in [-0.25, -0.2) is 0 Å². The molecule has 4 heteroatoms. The van der Waals surface area contributed by atoms with E-state index in [2.05, 4.69) is 29.7 Å². The Bertz CT molecular complexity index is 419. The summed E-state index contributed by atoms with van der Waals surface area (Å²) < 4.78 is 0. The van der Waals surface area contributed by atoms with E-state index in [1.165, 1.54) is 6.42 Å². The Morgan fingerprint density at radius 2 is 2.05 bits per heavy atom. The Labute approximate surface area is 126 Å². The van der Waals surface area contributed by atoms with Crippen molar-refractivity contribution >= 4 is 28.9 Å². The zero-order chi connectivity index (χ0) is 13.8. The van der Waals surface area contributed by atoms with Crippen LogP contribution in [0.25, 0.3) is 0 Å². The van der Waals surface area contributed by atoms with Gasteiger partial charge in [-0.15, -0.1) is 11.6 Å². The molecule has 0 aromatic heterocycles. The molecule has 0 radical (unpaired) electrons. The van der Waals surface area contributed by atoms with Crippen LogP contribution in [-0.2, 0) is 5.88 Å². The van der Waals surface area contributed by atoms with Crippen molar-refractivity contribution in [2.75, 3.05) is 31.1 Å². The fraction of sp³-hybridized carbons (Fsp3) is 0.600. The molecule has 0 bridgehead atoms. The predicted molar refractivity (Wildman–Crippen MR) is 84.5 cm³/mol. The lowest BCUT2D eigenvalue weighted by atomic mass is 10.2. The highest BCUT2D eigenvalue weighted by Crippen LogP contribution is 2.34. The molecule has 2 rings (SSSR count). The van der Waals surface area contributed by atoms with Gasteiger partial charge < -0.3 is 4.90 Å². The summed E-state index contributed by atoms with van der Waals surface area (Å²) in [7, 11) is 0. The van der Waals surface area contributed by atoms with Crippen LogP contribution in [0.1, 0.15) is 25.8 Å². The molecule has 0 amide bonds. The third kappa shape index (κ3) is 3.18. The van der Waals surface area contributed by atoms with Gasteiger partial charge in [-0.05, 0) is 31.1 Å². The van der Waals surface area contributed by atoms with E-state index >= 15 is 0 Å². The maximum absolute atomic E-state index is 6.37. The maximum atomic E-state index is 6.37. The lowest BCUT2D eigenvalue weighted by molar-refractivity contribution is 0.232. The molecule has 19 heavy (non-hydrogen) atoms. The molecule has 1 heterocycles. The number of alkyl halides is 1. The molecule has 106 valence electrons. The minimum absolute atomic E-state index is 0.516. The first-order valence-electron chi connectivity index (χ1n) is 7.03. The standard InChI is InChI=1S/C15H22Cl2N2/c1-3-18(4-2)13-8-9-19(11-13)15-12(10-16)6-5-7-14(15)17/h5-7,13H,3-4,8-11H2,1-2H3. The van der Waals surface area contributed by atoms with E-state index in [1.807, 2.05) is 12.1 Å². The number of anilines is 1. The van der Waals surface area contributed by atoms with Gasteiger partial charge in [-0.3, -0.25) is 4.90 Å². The Morgan fingerprint density at radius 1 is 1.32 bits per heavy atom. The van der Waals surface area contributed by atoms with E-state index in [1.54, 1.807) is 0 Å². The molecule has 1 aliphatic heterocycles.